The van der Waals surface area contributed by atoms with Crippen LogP contribution in [-0.4, -0.2) is 68.3 Å². The molecule has 0 spiro atoms. The van der Waals surface area contributed by atoms with Gasteiger partial charge in [-0.3, -0.25) is 15.0 Å². The zero-order valence-electron chi connectivity index (χ0n) is 19.3. The second-order valence-electron chi connectivity index (χ2n) is 9.17. The number of hydrogen-bond donors (Lipinski definition) is 3. The van der Waals surface area contributed by atoms with Crippen molar-refractivity contribution in [1.29, 1.82) is 0 Å². The molecule has 0 bridgehead atoms. The van der Waals surface area contributed by atoms with Gasteiger partial charge in [0.25, 0.3) is 0 Å². The number of amides is 2. The van der Waals surface area contributed by atoms with Gasteiger partial charge in [0.15, 0.2) is 12.3 Å². The summed E-state index contributed by atoms with van der Waals surface area (Å²) in [5.74, 6) is 0.605. The molecule has 0 aliphatic carbocycles. The van der Waals surface area contributed by atoms with Crippen molar-refractivity contribution in [2.24, 2.45) is 5.73 Å². The maximum atomic E-state index is 11.5. The molecule has 35 heavy (non-hydrogen) atoms. The summed E-state index contributed by atoms with van der Waals surface area (Å²) in [7, 11) is 0. The summed E-state index contributed by atoms with van der Waals surface area (Å²) < 4.78 is 11.9. The number of benzene rings is 1. The number of H-pyrrole nitrogens is 1. The first-order valence-corrected chi connectivity index (χ1v) is 11.7. The Labute approximate surface area is 201 Å². The molecule has 10 nitrogen and oxygen atoms in total. The van der Waals surface area contributed by atoms with Crippen molar-refractivity contribution in [2.75, 3.05) is 19.8 Å². The van der Waals surface area contributed by atoms with Crippen LogP contribution in [0.15, 0.2) is 36.7 Å². The van der Waals surface area contributed by atoms with Gasteiger partial charge in [-0.15, -0.1) is 0 Å². The molecule has 2 saturated heterocycles. The predicted octanol–water partition coefficient (Wildman–Crippen LogP) is 2.84. The molecular formula is C25H26N6O4. The van der Waals surface area contributed by atoms with Crippen molar-refractivity contribution in [3.63, 3.8) is 0 Å². The first-order valence-electron chi connectivity index (χ1n) is 11.7. The zero-order chi connectivity index (χ0) is 24.1. The van der Waals surface area contributed by atoms with E-state index in [-0.39, 0.29) is 12.5 Å². The number of carbonyl (C=O) groups excluding carboxylic acids is 1. The summed E-state index contributed by atoms with van der Waals surface area (Å²) in [6, 6.07) is 7.47. The maximum Gasteiger partial charge on any atom is 0.317 e. The first kappa shape index (κ1) is 21.8. The lowest BCUT2D eigenvalue weighted by Crippen LogP contribution is -2.65. The molecule has 4 aromatic rings. The highest BCUT2D eigenvalue weighted by Crippen LogP contribution is 2.43. The van der Waals surface area contributed by atoms with Crippen LogP contribution in [0.3, 0.4) is 0 Å². The Bertz CT molecular complexity index is 1430. The molecule has 5 heterocycles. The fourth-order valence-corrected chi connectivity index (χ4v) is 5.02. The molecule has 2 aliphatic rings. The number of primary amides is 1. The van der Waals surface area contributed by atoms with Crippen molar-refractivity contribution >= 4 is 27.7 Å². The van der Waals surface area contributed by atoms with E-state index in [0.29, 0.717) is 19.1 Å². The van der Waals surface area contributed by atoms with Crippen molar-refractivity contribution in [2.45, 2.75) is 38.0 Å². The van der Waals surface area contributed by atoms with Crippen LogP contribution in [0, 0.1) is 6.92 Å². The van der Waals surface area contributed by atoms with Gasteiger partial charge in [-0.05, 0) is 55.0 Å². The molecule has 2 fully saturated rings. The molecule has 4 N–H and O–H groups in total. The maximum absolute atomic E-state index is 11.5. The van der Waals surface area contributed by atoms with Crippen LogP contribution in [-0.2, 0) is 4.74 Å². The van der Waals surface area contributed by atoms with Gasteiger partial charge in [0.05, 0.1) is 24.0 Å². The topological polar surface area (TPSA) is 139 Å². The minimum absolute atomic E-state index is 0.187. The van der Waals surface area contributed by atoms with Gasteiger partial charge in [0, 0.05) is 47.4 Å². The van der Waals surface area contributed by atoms with Crippen LogP contribution in [0.25, 0.3) is 32.8 Å². The molecule has 2 amide bonds. The van der Waals surface area contributed by atoms with E-state index in [0.717, 1.165) is 61.9 Å². The SMILES string of the molecule is Cc1cc(-c2c(C3CCOCC3)nc(OC3CN(C(N)=O)C3O)c3cc4[nH]ncc4cc23)ccn1. The number of nitrogens with one attached hydrogen (secondary N) is 1. The molecular weight excluding hydrogens is 448 g/mol. The Morgan fingerprint density at radius 1 is 1.26 bits per heavy atom. The summed E-state index contributed by atoms with van der Waals surface area (Å²) in [5, 5.41) is 20.4. The van der Waals surface area contributed by atoms with E-state index in [4.69, 9.17) is 20.2 Å². The van der Waals surface area contributed by atoms with Crippen molar-refractivity contribution in [3.8, 4) is 17.0 Å². The molecule has 2 aliphatic heterocycles. The summed E-state index contributed by atoms with van der Waals surface area (Å²) in [6.07, 6.45) is 3.58. The molecule has 2 unspecified atom stereocenters. The van der Waals surface area contributed by atoms with E-state index in [1.807, 2.05) is 25.3 Å². The average molecular weight is 475 g/mol. The van der Waals surface area contributed by atoms with Crippen LogP contribution in [0.2, 0.25) is 0 Å². The van der Waals surface area contributed by atoms with Gasteiger partial charge in [0.2, 0.25) is 5.88 Å². The second kappa shape index (κ2) is 8.47. The number of aryl methyl sites for hydroxylation is 1. The lowest BCUT2D eigenvalue weighted by Gasteiger charge is -2.42. The van der Waals surface area contributed by atoms with E-state index in [1.165, 1.54) is 0 Å². The average Bonchev–Trinajstić information content (AvgIpc) is 3.32. The fourth-order valence-electron chi connectivity index (χ4n) is 5.02. The number of aromatic amines is 1. The van der Waals surface area contributed by atoms with E-state index in [2.05, 4.69) is 27.3 Å². The quantitative estimate of drug-likeness (QED) is 0.413. The summed E-state index contributed by atoms with van der Waals surface area (Å²) in [4.78, 5) is 22.1. The van der Waals surface area contributed by atoms with Gasteiger partial charge >= 0.3 is 6.03 Å². The third-order valence-electron chi connectivity index (χ3n) is 6.92. The smallest absolute Gasteiger partial charge is 0.317 e. The fraction of sp³-hybridized carbons (Fsp3) is 0.360. The third kappa shape index (κ3) is 3.75. The van der Waals surface area contributed by atoms with Crippen LogP contribution in [0.5, 0.6) is 5.88 Å². The Morgan fingerprint density at radius 3 is 2.83 bits per heavy atom. The van der Waals surface area contributed by atoms with E-state index in [1.54, 1.807) is 6.20 Å². The number of pyridine rings is 2. The molecule has 180 valence electrons. The summed E-state index contributed by atoms with van der Waals surface area (Å²) in [5.41, 5.74) is 10.1. The number of likely N-dealkylation sites (tertiary alicyclic amines) is 1. The number of rotatable bonds is 4. The largest absolute Gasteiger partial charge is 0.467 e. The van der Waals surface area contributed by atoms with Gasteiger partial charge in [-0.25, -0.2) is 9.78 Å². The number of urea groups is 1. The van der Waals surface area contributed by atoms with Gasteiger partial charge in [-0.2, -0.15) is 5.10 Å². The lowest BCUT2D eigenvalue weighted by molar-refractivity contribution is -0.131. The Morgan fingerprint density at radius 2 is 2.09 bits per heavy atom. The normalized spacial score (nSPS) is 20.8. The molecule has 0 saturated carbocycles. The minimum atomic E-state index is -1.12. The van der Waals surface area contributed by atoms with E-state index < -0.39 is 18.4 Å². The number of aliphatic hydroxyl groups excluding tert-OH is 1. The summed E-state index contributed by atoms with van der Waals surface area (Å²) >= 11 is 0. The lowest BCUT2D eigenvalue weighted by atomic mass is 9.87. The molecule has 0 radical (unpaired) electrons. The number of ether oxygens (including phenoxy) is 2. The van der Waals surface area contributed by atoms with Crippen LogP contribution in [0.1, 0.15) is 30.1 Å². The molecule has 10 heteroatoms. The molecule has 2 atom stereocenters. The minimum Gasteiger partial charge on any atom is -0.467 e. The van der Waals surface area contributed by atoms with Crippen molar-refractivity contribution in [3.05, 3.63) is 48.0 Å². The van der Waals surface area contributed by atoms with Gasteiger partial charge in [0.1, 0.15) is 0 Å². The van der Waals surface area contributed by atoms with E-state index in [9.17, 15) is 9.90 Å². The standard InChI is InChI=1S/C25H26N6O4/c1-13-8-15(2-5-27-13)21-17-9-16-11-28-30-19(16)10-18(17)23(29-22(21)14-3-6-34-7-4-14)35-20-12-31(24(20)32)25(26)33/h2,5,8-11,14,20,24,32H,3-4,6-7,12H2,1H3,(H2,26,33)(H,28,30). The van der Waals surface area contributed by atoms with Crippen molar-refractivity contribution < 1.29 is 19.4 Å². The highest BCUT2D eigenvalue weighted by molar-refractivity contribution is 6.06. The number of hydrogen-bond acceptors (Lipinski definition) is 7. The summed E-state index contributed by atoms with van der Waals surface area (Å²) in [6.45, 7) is 3.52. The highest BCUT2D eigenvalue weighted by Gasteiger charge is 2.42. The number of nitrogens with two attached hydrogens (primary N) is 1. The molecule has 1 aromatic carbocycles. The van der Waals surface area contributed by atoms with Gasteiger partial charge in [-0.1, -0.05) is 0 Å². The van der Waals surface area contributed by atoms with Crippen LogP contribution in [0.4, 0.5) is 4.79 Å². The predicted molar refractivity (Wildman–Crippen MR) is 129 cm³/mol. The van der Waals surface area contributed by atoms with Crippen LogP contribution < -0.4 is 10.5 Å². The highest BCUT2D eigenvalue weighted by atomic mass is 16.5. The second-order valence-corrected chi connectivity index (χ2v) is 9.17. The third-order valence-corrected chi connectivity index (χ3v) is 6.92. The number of fused-ring (bicyclic) bond motifs is 2. The first-order chi connectivity index (χ1) is 17.0. The molecule has 3 aromatic heterocycles. The van der Waals surface area contributed by atoms with Crippen molar-refractivity contribution in [1.82, 2.24) is 25.1 Å². The van der Waals surface area contributed by atoms with Gasteiger partial charge < -0.3 is 20.3 Å². The van der Waals surface area contributed by atoms with E-state index >= 15 is 0 Å². The monoisotopic (exact) mass is 474 g/mol. The molecule has 6 rings (SSSR count). The van der Waals surface area contributed by atoms with Crippen LogP contribution >= 0.6 is 0 Å². The zero-order valence-corrected chi connectivity index (χ0v) is 19.3. The number of nitrogens with zero attached hydrogens (tertiary/aromatic N) is 4. The number of aromatic nitrogens is 4. The Kier molecular flexibility index (Phi) is 5.27. The number of aliphatic hydroxyl groups is 1. The number of carbonyl (C=O) groups is 1. The Hall–Kier alpha value is -3.76. The Balaban J connectivity index is 1.57.